The average Bonchev–Trinajstić information content (AvgIpc) is 3.36. The van der Waals surface area contributed by atoms with E-state index >= 15 is 0 Å². The van der Waals surface area contributed by atoms with Crippen LogP contribution < -0.4 is 5.32 Å². The number of aromatic nitrogens is 2. The summed E-state index contributed by atoms with van der Waals surface area (Å²) in [6, 6.07) is 6.12. The lowest BCUT2D eigenvalue weighted by Gasteiger charge is -2.19. The third-order valence-corrected chi connectivity index (χ3v) is 5.52. The van der Waals surface area contributed by atoms with Crippen LogP contribution in [-0.2, 0) is 26.2 Å². The Morgan fingerprint density at radius 3 is 2.39 bits per heavy atom. The van der Waals surface area contributed by atoms with Gasteiger partial charge >= 0.3 is 11.5 Å². The van der Waals surface area contributed by atoms with Crippen molar-refractivity contribution in [2.75, 3.05) is 6.54 Å². The number of carbonyl (C=O) groups is 2. The number of benzene rings is 1. The maximum absolute atomic E-state index is 12.5. The fraction of sp³-hybridized carbons (Fsp3) is 0.455. The summed E-state index contributed by atoms with van der Waals surface area (Å²) in [5.74, 6) is -0.521. The van der Waals surface area contributed by atoms with Crippen molar-refractivity contribution in [3.05, 3.63) is 53.7 Å². The van der Waals surface area contributed by atoms with Crippen LogP contribution in [0.4, 0.5) is 13.2 Å². The molecule has 2 aromatic rings. The molecule has 11 heteroatoms. The minimum absolute atomic E-state index is 0.00953. The summed E-state index contributed by atoms with van der Waals surface area (Å²) in [5.41, 5.74) is -4.58. The lowest BCUT2D eigenvalue weighted by Crippen LogP contribution is -2.35. The lowest BCUT2D eigenvalue weighted by molar-refractivity contribution is -0.154. The number of amides is 1. The Morgan fingerprint density at radius 2 is 1.85 bits per heavy atom. The highest BCUT2D eigenvalue weighted by atomic mass is 32.2. The molecule has 0 radical (unpaired) electrons. The van der Waals surface area contributed by atoms with Gasteiger partial charge in [0.05, 0.1) is 11.8 Å². The molecule has 0 atom stereocenters. The molecule has 1 N–H and O–H groups in total. The molecular formula is C22H24F3N3O4S. The van der Waals surface area contributed by atoms with Gasteiger partial charge < -0.3 is 14.6 Å². The zero-order valence-corrected chi connectivity index (χ0v) is 19.2. The van der Waals surface area contributed by atoms with Crippen LogP contribution in [0.2, 0.25) is 0 Å². The van der Waals surface area contributed by atoms with Crippen molar-refractivity contribution in [3.8, 4) is 0 Å². The zero-order chi connectivity index (χ0) is 24.4. The topological polar surface area (TPSA) is 94.3 Å². The summed E-state index contributed by atoms with van der Waals surface area (Å²) in [6.45, 7) is 8.58. The molecule has 1 aliphatic rings. The Hall–Kier alpha value is -2.82. The van der Waals surface area contributed by atoms with Gasteiger partial charge in [0, 0.05) is 10.5 Å². The number of nitrogens with zero attached hydrogens (tertiary/aromatic N) is 2. The molecule has 33 heavy (non-hydrogen) atoms. The number of halogens is 3. The van der Waals surface area contributed by atoms with Crippen molar-refractivity contribution < 1.29 is 32.0 Å². The van der Waals surface area contributed by atoms with Gasteiger partial charge in [-0.2, -0.15) is 18.2 Å². The van der Waals surface area contributed by atoms with Gasteiger partial charge in [0.1, 0.15) is 12.1 Å². The second-order valence-electron chi connectivity index (χ2n) is 8.72. The monoisotopic (exact) mass is 483 g/mol. The predicted molar refractivity (Wildman–Crippen MR) is 114 cm³/mol. The van der Waals surface area contributed by atoms with Crippen molar-refractivity contribution in [2.24, 2.45) is 0 Å². The summed E-state index contributed by atoms with van der Waals surface area (Å²) < 4.78 is 48.0. The van der Waals surface area contributed by atoms with E-state index in [1.54, 1.807) is 32.9 Å². The molecule has 1 heterocycles. The van der Waals surface area contributed by atoms with Gasteiger partial charge in [-0.3, -0.25) is 9.59 Å². The number of ether oxygens (including phenoxy) is 1. The standard InChI is InChI=1S/C22H24F3N3O4S/c1-13(18(30)26-12-17(29)31-20(2,3)4)11-16-27-19(28-32-16)21(9-10-21)14-5-7-15(8-6-14)33-22(23,24)25/h5-8H,1,9-12H2,2-4H3,(H,26,30). The minimum atomic E-state index is -4.34. The van der Waals surface area contributed by atoms with Crippen molar-refractivity contribution >= 4 is 23.6 Å². The molecule has 0 spiro atoms. The second kappa shape index (κ2) is 9.20. The molecule has 3 rings (SSSR count). The molecule has 178 valence electrons. The summed E-state index contributed by atoms with van der Waals surface area (Å²) >= 11 is -0.168. The highest BCUT2D eigenvalue weighted by molar-refractivity contribution is 8.00. The Morgan fingerprint density at radius 1 is 1.21 bits per heavy atom. The van der Waals surface area contributed by atoms with E-state index in [1.807, 2.05) is 0 Å². The largest absolute Gasteiger partial charge is 0.459 e. The fourth-order valence-corrected chi connectivity index (χ4v) is 3.72. The molecule has 0 unspecified atom stereocenters. The van der Waals surface area contributed by atoms with E-state index in [0.717, 1.165) is 18.4 Å². The quantitative estimate of drug-likeness (QED) is 0.340. The van der Waals surface area contributed by atoms with Crippen molar-refractivity contribution in [2.45, 2.75) is 61.5 Å². The molecule has 0 saturated heterocycles. The van der Waals surface area contributed by atoms with E-state index in [-0.39, 0.29) is 41.1 Å². The van der Waals surface area contributed by atoms with Gasteiger partial charge in [-0.1, -0.05) is 23.9 Å². The van der Waals surface area contributed by atoms with Crippen LogP contribution in [0.1, 0.15) is 50.9 Å². The van der Waals surface area contributed by atoms with E-state index in [0.29, 0.717) is 5.82 Å². The molecule has 1 amide bonds. The second-order valence-corrected chi connectivity index (χ2v) is 9.85. The lowest BCUT2D eigenvalue weighted by atomic mass is 9.95. The van der Waals surface area contributed by atoms with Crippen LogP contribution in [-0.4, -0.2) is 39.7 Å². The van der Waals surface area contributed by atoms with Gasteiger partial charge in [0.25, 0.3) is 0 Å². The Balaban J connectivity index is 1.59. The fourth-order valence-electron chi connectivity index (χ4n) is 3.18. The van der Waals surface area contributed by atoms with Gasteiger partial charge in [-0.05, 0) is 63.1 Å². The van der Waals surface area contributed by atoms with Gasteiger partial charge in [-0.15, -0.1) is 0 Å². The van der Waals surface area contributed by atoms with E-state index in [2.05, 4.69) is 22.0 Å². The number of alkyl halides is 3. The average molecular weight is 484 g/mol. The van der Waals surface area contributed by atoms with Crippen molar-refractivity contribution in [1.82, 2.24) is 15.5 Å². The molecule has 1 saturated carbocycles. The first-order chi connectivity index (χ1) is 15.3. The van der Waals surface area contributed by atoms with E-state index in [9.17, 15) is 22.8 Å². The number of hydrogen-bond acceptors (Lipinski definition) is 7. The van der Waals surface area contributed by atoms with Crippen molar-refractivity contribution in [1.29, 1.82) is 0 Å². The summed E-state index contributed by atoms with van der Waals surface area (Å²) in [4.78, 5) is 28.4. The normalized spacial score (nSPS) is 15.1. The van der Waals surface area contributed by atoms with E-state index in [1.165, 1.54) is 12.1 Å². The first-order valence-corrected chi connectivity index (χ1v) is 11.0. The first kappa shape index (κ1) is 24.8. The summed E-state index contributed by atoms with van der Waals surface area (Å²) in [7, 11) is 0. The van der Waals surface area contributed by atoms with E-state index in [4.69, 9.17) is 9.26 Å². The molecule has 1 aromatic carbocycles. The summed E-state index contributed by atoms with van der Waals surface area (Å²) in [6.07, 6.45) is 1.45. The third kappa shape index (κ3) is 6.83. The minimum Gasteiger partial charge on any atom is -0.459 e. The molecule has 0 aliphatic heterocycles. The zero-order valence-electron chi connectivity index (χ0n) is 18.4. The number of hydrogen-bond donors (Lipinski definition) is 1. The van der Waals surface area contributed by atoms with E-state index < -0.39 is 28.4 Å². The van der Waals surface area contributed by atoms with Gasteiger partial charge in [0.15, 0.2) is 5.82 Å². The van der Waals surface area contributed by atoms with Crippen molar-refractivity contribution in [3.63, 3.8) is 0 Å². The molecule has 0 bridgehead atoms. The molecule has 1 aromatic heterocycles. The predicted octanol–water partition coefficient (Wildman–Crippen LogP) is 4.32. The SMILES string of the molecule is C=C(Cc1nc(C2(c3ccc(SC(F)(F)F)cc3)CC2)no1)C(=O)NCC(=O)OC(C)(C)C. The van der Waals surface area contributed by atoms with Gasteiger partial charge in [0.2, 0.25) is 11.8 Å². The number of thioether (sulfide) groups is 1. The van der Waals surface area contributed by atoms with Crippen LogP contribution in [0.3, 0.4) is 0 Å². The Labute approximate surface area is 193 Å². The summed E-state index contributed by atoms with van der Waals surface area (Å²) in [5, 5.41) is 6.45. The number of rotatable bonds is 8. The highest BCUT2D eigenvalue weighted by Gasteiger charge is 2.50. The number of carbonyl (C=O) groups excluding carboxylic acids is 2. The maximum atomic E-state index is 12.5. The van der Waals surface area contributed by atoms with Gasteiger partial charge in [-0.25, -0.2) is 0 Å². The Bertz CT molecular complexity index is 1040. The van der Waals surface area contributed by atoms with Crippen LogP contribution in [0.25, 0.3) is 0 Å². The highest BCUT2D eigenvalue weighted by Crippen LogP contribution is 2.52. The molecule has 1 fully saturated rings. The smallest absolute Gasteiger partial charge is 0.446 e. The van der Waals surface area contributed by atoms with Crippen LogP contribution in [0.5, 0.6) is 0 Å². The molecule has 1 aliphatic carbocycles. The first-order valence-electron chi connectivity index (χ1n) is 10.1. The molecule has 7 nitrogen and oxygen atoms in total. The number of esters is 1. The Kier molecular flexibility index (Phi) is 6.92. The maximum Gasteiger partial charge on any atom is 0.446 e. The van der Waals surface area contributed by atoms with Crippen LogP contribution in [0.15, 0.2) is 45.8 Å². The van der Waals surface area contributed by atoms with Crippen LogP contribution >= 0.6 is 11.8 Å². The number of nitrogens with one attached hydrogen (secondary N) is 1. The third-order valence-electron chi connectivity index (χ3n) is 4.79. The van der Waals surface area contributed by atoms with Crippen LogP contribution in [0, 0.1) is 0 Å². The molecular weight excluding hydrogens is 459 g/mol.